The highest BCUT2D eigenvalue weighted by Gasteiger charge is 2.20. The summed E-state index contributed by atoms with van der Waals surface area (Å²) in [6, 6.07) is 8.26. The van der Waals surface area contributed by atoms with E-state index >= 15 is 0 Å². The molecule has 1 aliphatic rings. The summed E-state index contributed by atoms with van der Waals surface area (Å²) in [7, 11) is 3.07. The van der Waals surface area contributed by atoms with E-state index in [0.717, 1.165) is 32.4 Å². The van der Waals surface area contributed by atoms with Crippen LogP contribution in [-0.4, -0.2) is 49.0 Å². The van der Waals surface area contributed by atoms with Gasteiger partial charge in [-0.05, 0) is 43.5 Å². The van der Waals surface area contributed by atoms with Crippen LogP contribution in [0.25, 0.3) is 0 Å². The van der Waals surface area contributed by atoms with E-state index in [1.807, 2.05) is 4.90 Å². The number of benzene rings is 1. The van der Waals surface area contributed by atoms with E-state index in [1.165, 1.54) is 19.4 Å². The maximum atomic E-state index is 12.6. The normalized spacial score (nSPS) is 13.8. The molecule has 3 rings (SSSR count). The van der Waals surface area contributed by atoms with Gasteiger partial charge in [-0.25, -0.2) is 0 Å². The van der Waals surface area contributed by atoms with Crippen molar-refractivity contribution >= 4 is 17.5 Å². The molecule has 1 fully saturated rings. The zero-order valence-electron chi connectivity index (χ0n) is 15.5. The Balaban J connectivity index is 1.74. The molecule has 27 heavy (non-hydrogen) atoms. The largest absolute Gasteiger partial charge is 0.493 e. The summed E-state index contributed by atoms with van der Waals surface area (Å²) in [5, 5.41) is 2.77. The third kappa shape index (κ3) is 4.36. The van der Waals surface area contributed by atoms with Crippen LogP contribution in [0.5, 0.6) is 11.5 Å². The molecule has 1 saturated heterocycles. The molecular formula is C20H23N3O4. The van der Waals surface area contributed by atoms with Crippen LogP contribution in [0.4, 0.5) is 5.69 Å². The maximum absolute atomic E-state index is 12.6. The molecule has 0 atom stereocenters. The third-order valence-corrected chi connectivity index (χ3v) is 4.52. The third-order valence-electron chi connectivity index (χ3n) is 4.52. The molecule has 142 valence electrons. The van der Waals surface area contributed by atoms with E-state index in [-0.39, 0.29) is 11.6 Å². The van der Waals surface area contributed by atoms with Crippen molar-refractivity contribution in [1.82, 2.24) is 9.88 Å². The van der Waals surface area contributed by atoms with E-state index in [1.54, 1.807) is 31.4 Å². The van der Waals surface area contributed by atoms with Gasteiger partial charge in [-0.3, -0.25) is 14.6 Å². The molecule has 0 saturated carbocycles. The smallest absolute Gasteiger partial charge is 0.274 e. The monoisotopic (exact) mass is 369 g/mol. The zero-order valence-corrected chi connectivity index (χ0v) is 15.5. The summed E-state index contributed by atoms with van der Waals surface area (Å²) in [6.07, 6.45) is 4.67. The number of anilines is 1. The van der Waals surface area contributed by atoms with Gasteiger partial charge >= 0.3 is 0 Å². The average molecular weight is 369 g/mol. The number of rotatable bonds is 5. The number of hydrogen-bond acceptors (Lipinski definition) is 5. The van der Waals surface area contributed by atoms with Crippen LogP contribution >= 0.6 is 0 Å². The van der Waals surface area contributed by atoms with Gasteiger partial charge in [-0.1, -0.05) is 0 Å². The predicted molar refractivity (Wildman–Crippen MR) is 101 cm³/mol. The lowest BCUT2D eigenvalue weighted by Crippen LogP contribution is -2.35. The number of nitrogens with one attached hydrogen (secondary N) is 1. The van der Waals surface area contributed by atoms with E-state index in [2.05, 4.69) is 10.3 Å². The number of nitrogens with zero attached hydrogens (tertiary/aromatic N) is 2. The molecule has 2 aromatic rings. The Morgan fingerprint density at radius 3 is 2.44 bits per heavy atom. The summed E-state index contributed by atoms with van der Waals surface area (Å²) in [5.74, 6) is 0.632. The fraction of sp³-hybridized carbons (Fsp3) is 0.350. The van der Waals surface area contributed by atoms with Gasteiger partial charge in [0.15, 0.2) is 11.5 Å². The molecule has 0 spiro atoms. The molecule has 0 aliphatic carbocycles. The van der Waals surface area contributed by atoms with Crippen molar-refractivity contribution in [3.05, 3.63) is 47.8 Å². The van der Waals surface area contributed by atoms with Crippen molar-refractivity contribution in [3.63, 3.8) is 0 Å². The Morgan fingerprint density at radius 2 is 1.74 bits per heavy atom. The molecule has 2 amide bonds. The second kappa shape index (κ2) is 8.53. The first-order valence-electron chi connectivity index (χ1n) is 8.91. The van der Waals surface area contributed by atoms with Gasteiger partial charge < -0.3 is 19.7 Å². The van der Waals surface area contributed by atoms with E-state index in [4.69, 9.17) is 9.47 Å². The van der Waals surface area contributed by atoms with Gasteiger partial charge in [0.25, 0.3) is 11.8 Å². The topological polar surface area (TPSA) is 80.8 Å². The number of aromatic nitrogens is 1. The van der Waals surface area contributed by atoms with E-state index < -0.39 is 5.91 Å². The molecular weight excluding hydrogens is 346 g/mol. The summed E-state index contributed by atoms with van der Waals surface area (Å²) in [4.78, 5) is 31.1. The lowest BCUT2D eigenvalue weighted by atomic mass is 10.1. The molecule has 1 N–H and O–H groups in total. The standard InChI is InChI=1S/C20H23N3O4/c1-26-17-7-6-15(13-18(17)27-2)22-19(24)16-12-14(8-9-21-16)20(25)23-10-4-3-5-11-23/h6-9,12-13H,3-5,10-11H2,1-2H3,(H,22,24). The van der Waals surface area contributed by atoms with Crippen LogP contribution in [0.1, 0.15) is 40.1 Å². The summed E-state index contributed by atoms with van der Waals surface area (Å²) in [6.45, 7) is 1.52. The minimum Gasteiger partial charge on any atom is -0.493 e. The number of amides is 2. The highest BCUT2D eigenvalue weighted by atomic mass is 16.5. The first kappa shape index (κ1) is 18.7. The number of piperidine rings is 1. The van der Waals surface area contributed by atoms with Crippen molar-refractivity contribution in [1.29, 1.82) is 0 Å². The number of methoxy groups -OCH3 is 2. The molecule has 1 aromatic carbocycles. The quantitative estimate of drug-likeness (QED) is 0.876. The summed E-state index contributed by atoms with van der Waals surface area (Å²) in [5.41, 5.74) is 1.21. The molecule has 7 heteroatoms. The molecule has 7 nitrogen and oxygen atoms in total. The molecule has 1 aliphatic heterocycles. The Kier molecular flexibility index (Phi) is 5.90. The number of hydrogen-bond donors (Lipinski definition) is 1. The van der Waals surface area contributed by atoms with Crippen LogP contribution < -0.4 is 14.8 Å². The van der Waals surface area contributed by atoms with Gasteiger partial charge in [-0.2, -0.15) is 0 Å². The number of carbonyl (C=O) groups excluding carboxylic acids is 2. The second-order valence-corrected chi connectivity index (χ2v) is 6.31. The number of pyridine rings is 1. The maximum Gasteiger partial charge on any atom is 0.274 e. The van der Waals surface area contributed by atoms with Gasteiger partial charge in [0.2, 0.25) is 0 Å². The predicted octanol–water partition coefficient (Wildman–Crippen LogP) is 2.98. The van der Waals surface area contributed by atoms with Gasteiger partial charge in [-0.15, -0.1) is 0 Å². The highest BCUT2D eigenvalue weighted by Crippen LogP contribution is 2.29. The van der Waals surface area contributed by atoms with Gasteiger partial charge in [0.05, 0.1) is 14.2 Å². The minimum atomic E-state index is -0.393. The SMILES string of the molecule is COc1ccc(NC(=O)c2cc(C(=O)N3CCCCC3)ccn2)cc1OC. The number of ether oxygens (including phenoxy) is 2. The number of carbonyl (C=O) groups is 2. The second-order valence-electron chi connectivity index (χ2n) is 6.31. The Morgan fingerprint density at radius 1 is 1.00 bits per heavy atom. The first-order valence-corrected chi connectivity index (χ1v) is 8.91. The first-order chi connectivity index (χ1) is 13.1. The fourth-order valence-electron chi connectivity index (χ4n) is 3.08. The van der Waals surface area contributed by atoms with Gasteiger partial charge in [0.1, 0.15) is 5.69 Å². The highest BCUT2D eigenvalue weighted by molar-refractivity contribution is 6.04. The van der Waals surface area contributed by atoms with Gasteiger partial charge in [0, 0.05) is 36.6 Å². The Bertz CT molecular complexity index is 832. The zero-order chi connectivity index (χ0) is 19.2. The molecule has 0 bridgehead atoms. The fourth-order valence-corrected chi connectivity index (χ4v) is 3.08. The van der Waals surface area contributed by atoms with E-state index in [0.29, 0.717) is 22.7 Å². The van der Waals surface area contributed by atoms with Crippen LogP contribution in [0.15, 0.2) is 36.5 Å². The van der Waals surface area contributed by atoms with E-state index in [9.17, 15) is 9.59 Å². The van der Waals surface area contributed by atoms with Crippen LogP contribution in [0.3, 0.4) is 0 Å². The van der Waals surface area contributed by atoms with Crippen molar-refractivity contribution in [2.45, 2.75) is 19.3 Å². The minimum absolute atomic E-state index is 0.0581. The molecule has 1 aromatic heterocycles. The van der Waals surface area contributed by atoms with Crippen LogP contribution in [-0.2, 0) is 0 Å². The van der Waals surface area contributed by atoms with Crippen molar-refractivity contribution in [2.24, 2.45) is 0 Å². The lowest BCUT2D eigenvalue weighted by molar-refractivity contribution is 0.0724. The Hall–Kier alpha value is -3.09. The van der Waals surface area contributed by atoms with Crippen LogP contribution in [0.2, 0.25) is 0 Å². The van der Waals surface area contributed by atoms with Crippen LogP contribution in [0, 0.1) is 0 Å². The summed E-state index contributed by atoms with van der Waals surface area (Å²) < 4.78 is 10.4. The molecule has 2 heterocycles. The molecule has 0 radical (unpaired) electrons. The lowest BCUT2D eigenvalue weighted by Gasteiger charge is -2.26. The van der Waals surface area contributed by atoms with Crippen molar-refractivity contribution in [2.75, 3.05) is 32.6 Å². The average Bonchev–Trinajstić information content (AvgIpc) is 2.73. The Labute approximate surface area is 158 Å². The van der Waals surface area contributed by atoms with Crippen molar-refractivity contribution < 1.29 is 19.1 Å². The number of likely N-dealkylation sites (tertiary alicyclic amines) is 1. The van der Waals surface area contributed by atoms with Crippen molar-refractivity contribution in [3.8, 4) is 11.5 Å². The summed E-state index contributed by atoms with van der Waals surface area (Å²) >= 11 is 0. The molecule has 0 unspecified atom stereocenters.